The van der Waals surface area contributed by atoms with Crippen LogP contribution in [0.15, 0.2) is 85.0 Å². The summed E-state index contributed by atoms with van der Waals surface area (Å²) in [5.41, 5.74) is 5.53. The molecule has 0 atom stereocenters. The molecule has 166 valence electrons. The van der Waals surface area contributed by atoms with Gasteiger partial charge in [-0.3, -0.25) is 0 Å². The molecule has 0 nitrogen and oxygen atoms in total. The van der Waals surface area contributed by atoms with Crippen LogP contribution >= 0.6 is 0 Å². The highest BCUT2D eigenvalue weighted by atomic mass is 14.2. The first-order valence-electron chi connectivity index (χ1n) is 12.6. The first kappa shape index (κ1) is 22.6. The van der Waals surface area contributed by atoms with Gasteiger partial charge in [-0.25, -0.2) is 0 Å². The zero-order valence-electron chi connectivity index (χ0n) is 19.9. The van der Waals surface area contributed by atoms with Crippen molar-refractivity contribution in [2.75, 3.05) is 0 Å². The minimum absolute atomic E-state index is 0.835. The lowest BCUT2D eigenvalue weighted by molar-refractivity contribution is 0.296. The average molecular weight is 423 g/mol. The largest absolute Gasteiger partial charge is 0.0917 e. The monoisotopic (exact) mass is 422 g/mol. The van der Waals surface area contributed by atoms with Gasteiger partial charge in [0.05, 0.1) is 0 Å². The Morgan fingerprint density at radius 2 is 1.38 bits per heavy atom. The first-order valence-corrected chi connectivity index (χ1v) is 12.6. The van der Waals surface area contributed by atoms with E-state index in [-0.39, 0.29) is 0 Å². The van der Waals surface area contributed by atoms with E-state index in [2.05, 4.69) is 98.8 Å². The van der Waals surface area contributed by atoms with Crippen LogP contribution in [-0.2, 0) is 12.8 Å². The molecule has 4 rings (SSSR count). The zero-order chi connectivity index (χ0) is 22.2. The van der Waals surface area contributed by atoms with Crippen molar-refractivity contribution in [3.05, 3.63) is 96.1 Å². The highest BCUT2D eigenvalue weighted by Crippen LogP contribution is 2.32. The molecule has 0 saturated heterocycles. The highest BCUT2D eigenvalue weighted by Gasteiger charge is 2.19. The Bertz CT molecular complexity index is 1040. The Labute approximate surface area is 195 Å². The van der Waals surface area contributed by atoms with Gasteiger partial charge < -0.3 is 0 Å². The number of rotatable bonds is 8. The van der Waals surface area contributed by atoms with Crippen molar-refractivity contribution in [2.24, 2.45) is 11.8 Å². The summed E-state index contributed by atoms with van der Waals surface area (Å²) in [5, 5.41) is 2.67. The maximum Gasteiger partial charge on any atom is -0.0178 e. The lowest BCUT2D eigenvalue weighted by Crippen LogP contribution is -2.13. The van der Waals surface area contributed by atoms with Crippen LogP contribution in [0.4, 0.5) is 0 Å². The number of hydrogen-bond acceptors (Lipinski definition) is 0. The normalized spacial score (nSPS) is 19.3. The quantitative estimate of drug-likeness (QED) is 0.317. The minimum Gasteiger partial charge on any atom is -0.0917 e. The SMILES string of the molecule is C/C=C/CCc1ccc2cc(-c3ccc(CCC4CCC(/C=C/C)CC4)cc3)ccc2c1. The van der Waals surface area contributed by atoms with Crippen LogP contribution in [0.5, 0.6) is 0 Å². The molecule has 0 amide bonds. The molecule has 0 unspecified atom stereocenters. The summed E-state index contributed by atoms with van der Waals surface area (Å²) < 4.78 is 0. The van der Waals surface area contributed by atoms with Crippen LogP contribution in [-0.4, -0.2) is 0 Å². The fourth-order valence-electron chi connectivity index (χ4n) is 5.22. The smallest absolute Gasteiger partial charge is 0.0178 e. The van der Waals surface area contributed by atoms with Gasteiger partial charge in [-0.15, -0.1) is 0 Å². The van der Waals surface area contributed by atoms with Gasteiger partial charge in [-0.05, 0) is 116 Å². The fraction of sp³-hybridized carbons (Fsp3) is 0.375. The van der Waals surface area contributed by atoms with E-state index in [4.69, 9.17) is 0 Å². The third-order valence-corrected chi connectivity index (χ3v) is 7.22. The molecule has 1 aliphatic rings. The Hall–Kier alpha value is -2.60. The third kappa shape index (κ3) is 6.00. The Kier molecular flexibility index (Phi) is 7.99. The third-order valence-electron chi connectivity index (χ3n) is 7.22. The molecule has 0 bridgehead atoms. The first-order chi connectivity index (χ1) is 15.7. The topological polar surface area (TPSA) is 0 Å². The standard InChI is InChI=1S/C32H38/c1-3-5-6-8-28-17-20-32-24-31(22-21-30(32)23-28)29-18-15-27(16-19-29)14-13-26-11-9-25(7-4-2)10-12-26/h3-5,7,15-26H,6,8-14H2,1-2H3/b5-3+,7-4+. The van der Waals surface area contributed by atoms with Crippen molar-refractivity contribution in [1.82, 2.24) is 0 Å². The van der Waals surface area contributed by atoms with E-state index in [1.165, 1.54) is 71.6 Å². The summed E-state index contributed by atoms with van der Waals surface area (Å²) in [6.45, 7) is 4.24. The van der Waals surface area contributed by atoms with E-state index in [0.717, 1.165) is 24.7 Å². The van der Waals surface area contributed by atoms with Gasteiger partial charge in [0.15, 0.2) is 0 Å². The predicted octanol–water partition coefficient (Wildman–Crippen LogP) is 9.33. The number of allylic oxidation sites excluding steroid dienone is 4. The predicted molar refractivity (Wildman–Crippen MR) is 141 cm³/mol. The molecular weight excluding hydrogens is 384 g/mol. The maximum absolute atomic E-state index is 2.41. The maximum atomic E-state index is 2.41. The van der Waals surface area contributed by atoms with E-state index in [9.17, 15) is 0 Å². The zero-order valence-corrected chi connectivity index (χ0v) is 19.9. The van der Waals surface area contributed by atoms with Gasteiger partial charge in [0.1, 0.15) is 0 Å². The fourth-order valence-corrected chi connectivity index (χ4v) is 5.22. The molecule has 3 aromatic carbocycles. The Morgan fingerprint density at radius 3 is 2.12 bits per heavy atom. The van der Waals surface area contributed by atoms with Crippen LogP contribution in [0.3, 0.4) is 0 Å². The molecule has 0 N–H and O–H groups in total. The number of aryl methyl sites for hydroxylation is 2. The molecule has 32 heavy (non-hydrogen) atoms. The van der Waals surface area contributed by atoms with Gasteiger partial charge in [0.25, 0.3) is 0 Å². The molecular formula is C32H38. The van der Waals surface area contributed by atoms with E-state index in [1.54, 1.807) is 0 Å². The summed E-state index contributed by atoms with van der Waals surface area (Å²) in [5.74, 6) is 1.75. The molecule has 0 radical (unpaired) electrons. The second-order valence-electron chi connectivity index (χ2n) is 9.55. The van der Waals surface area contributed by atoms with Crippen LogP contribution in [0, 0.1) is 11.8 Å². The lowest BCUT2D eigenvalue weighted by Gasteiger charge is -2.26. The van der Waals surface area contributed by atoms with E-state index in [0.29, 0.717) is 0 Å². The second kappa shape index (κ2) is 11.3. The summed E-state index contributed by atoms with van der Waals surface area (Å²) >= 11 is 0. The van der Waals surface area contributed by atoms with Crippen LogP contribution in [0.1, 0.15) is 63.5 Å². The van der Waals surface area contributed by atoms with Gasteiger partial charge in [0, 0.05) is 0 Å². The van der Waals surface area contributed by atoms with Crippen molar-refractivity contribution >= 4 is 10.8 Å². The summed E-state index contributed by atoms with van der Waals surface area (Å²) in [4.78, 5) is 0. The molecule has 1 aliphatic carbocycles. The van der Waals surface area contributed by atoms with E-state index in [1.807, 2.05) is 0 Å². The summed E-state index contributed by atoms with van der Waals surface area (Å²) in [6.07, 6.45) is 19.4. The minimum atomic E-state index is 0.835. The van der Waals surface area contributed by atoms with Gasteiger partial charge in [0.2, 0.25) is 0 Å². The van der Waals surface area contributed by atoms with Crippen molar-refractivity contribution in [1.29, 1.82) is 0 Å². The molecule has 0 heteroatoms. The van der Waals surface area contributed by atoms with Crippen LogP contribution in [0.25, 0.3) is 21.9 Å². The van der Waals surface area contributed by atoms with Crippen molar-refractivity contribution in [3.8, 4) is 11.1 Å². The lowest BCUT2D eigenvalue weighted by atomic mass is 9.79. The van der Waals surface area contributed by atoms with Crippen molar-refractivity contribution < 1.29 is 0 Å². The molecule has 1 fully saturated rings. The summed E-state index contributed by atoms with van der Waals surface area (Å²) in [6, 6.07) is 23.1. The second-order valence-corrected chi connectivity index (χ2v) is 9.55. The van der Waals surface area contributed by atoms with Crippen molar-refractivity contribution in [2.45, 2.75) is 65.2 Å². The molecule has 0 aliphatic heterocycles. The highest BCUT2D eigenvalue weighted by molar-refractivity contribution is 5.87. The molecule has 3 aromatic rings. The number of fused-ring (bicyclic) bond motifs is 1. The van der Waals surface area contributed by atoms with Gasteiger partial charge in [-0.2, -0.15) is 0 Å². The van der Waals surface area contributed by atoms with Crippen LogP contribution < -0.4 is 0 Å². The Morgan fingerprint density at radius 1 is 0.688 bits per heavy atom. The molecule has 0 spiro atoms. The van der Waals surface area contributed by atoms with Gasteiger partial charge in [-0.1, -0.05) is 78.9 Å². The summed E-state index contributed by atoms with van der Waals surface area (Å²) in [7, 11) is 0. The van der Waals surface area contributed by atoms with Crippen LogP contribution in [0.2, 0.25) is 0 Å². The molecule has 1 saturated carbocycles. The Balaban J connectivity index is 1.35. The van der Waals surface area contributed by atoms with Gasteiger partial charge >= 0.3 is 0 Å². The van der Waals surface area contributed by atoms with E-state index < -0.39 is 0 Å². The number of hydrogen-bond donors (Lipinski definition) is 0. The number of benzene rings is 3. The van der Waals surface area contributed by atoms with Crippen molar-refractivity contribution in [3.63, 3.8) is 0 Å². The van der Waals surface area contributed by atoms with E-state index >= 15 is 0 Å². The molecule has 0 heterocycles. The average Bonchev–Trinajstić information content (AvgIpc) is 2.84. The molecule has 0 aromatic heterocycles.